The number of carboxylic acid groups (broad SMARTS) is 1. The van der Waals surface area contributed by atoms with Gasteiger partial charge in [0.05, 0.1) is 37.0 Å². The van der Waals surface area contributed by atoms with Crippen molar-refractivity contribution < 1.29 is 102 Å². The summed E-state index contributed by atoms with van der Waals surface area (Å²) in [5, 5.41) is 71.0. The number of fused-ring (bicyclic) bond motifs is 4. The molecule has 15 atom stereocenters. The van der Waals surface area contributed by atoms with E-state index in [9.17, 15) is 63.6 Å². The average Bonchev–Trinajstić information content (AvgIpc) is 1.65. The number of nitrogens with one attached hydrogen (secondary N) is 13. The summed E-state index contributed by atoms with van der Waals surface area (Å²) in [6, 6.07) is -1.37. The highest BCUT2D eigenvalue weighted by Crippen LogP contribution is 2.28. The van der Waals surface area contributed by atoms with Crippen LogP contribution in [0.1, 0.15) is 147 Å². The summed E-state index contributed by atoms with van der Waals surface area (Å²) in [6.07, 6.45) is 2.73. The molecule has 21 N–H and O–H groups in total. The van der Waals surface area contributed by atoms with Crippen LogP contribution in [0.5, 0.6) is 5.75 Å². The molecule has 9 rings (SSSR count). The second-order valence-corrected chi connectivity index (χ2v) is 35.8. The Kier molecular flexibility index (Phi) is 39.2. The number of primary amides is 1. The van der Waals surface area contributed by atoms with Gasteiger partial charge in [-0.15, -0.1) is 11.8 Å². The number of aromatic hydroxyl groups is 1. The van der Waals surface area contributed by atoms with Gasteiger partial charge in [0.25, 0.3) is 0 Å². The van der Waals surface area contributed by atoms with Crippen LogP contribution in [-0.4, -0.2) is 321 Å². The Morgan fingerprint density at radius 1 is 0.567 bits per heavy atom. The van der Waals surface area contributed by atoms with Gasteiger partial charge in [0.15, 0.2) is 0 Å². The fourth-order valence-corrected chi connectivity index (χ4v) is 17.6. The normalized spacial score (nSPS) is 24.9. The van der Waals surface area contributed by atoms with Crippen molar-refractivity contribution in [3.8, 4) is 5.75 Å². The standard InChI is InChI=1S/C91H127N21O21S/c1-9-11-22-71-84(126)103-65(34-50(3)4)80(122)99-56(39-76(117)97-44-75(93)116)47-134-48-77(118)100-68(35-52-25-27-57(114)28-26-52)87(129)108(6)51(5)79(121)101-64(31-32-92)89(131)111-33-17-24-72(111)85(127)105-67(38-55-43-94-49-98-55)82(124)102-63(29-30-78(119)120)90(132)112-45-58(115)40-74(112)86(128)104-66(36-53-41-95-61-20-15-13-18-59(53)61)81(123)107-70(46-113)83(125)106-69(37-54-42-96-62-21-16-14-19-60(54)62)88(130)110(8)73(23-12-10-2)91(133)109(71)7/h13-16,18-21,25-28,41-43,49-51,56,58,63-74,95-96,113-115H,9-12,17,22-24,29-40,44-48,92H2,1-8H3,(H2,93,116)(H,94,98)(H,97,117)(H,99,122)(H,100,118)(H,101,121)(H,102,124)(H,103,126)(H,104,128)(H,105,127)(H,106,125)(H,107,123)(H,119,120)/t51-,56+,58+,63-,64-,65-,66-,67-,68-,69-,70-,71-,72-,73-,74-/m0/s1. The SMILES string of the molecule is CCCC[C@H]1C(=O)N(C)[C@@H](CCCC)C(=O)N[C@@H](CC(C)C)C(=O)N[C@H](CC(=O)NCC(N)=O)CSCC(=O)N[C@@H](Cc2ccc(O)cc2)C(=O)N(C)[C@@H](C)C(=O)N[C@@H](CCN)C(=O)N2CCC[C@H]2C(=O)N[C@@H](Cc2c[nH]cn2)C(=O)N[C@@H](CCC(=O)O)C(=O)N2C[C@H](O)C[C@H]2C(=O)N[C@@H](Cc2c[nH]c3ccccc23)C(=O)N[C@@H](CO)C(=O)N[C@@H](Cc2c[nH]c3ccccc23)C(=O)N1C. The van der Waals surface area contributed by atoms with Crippen molar-refractivity contribution >= 4 is 134 Å². The molecule has 0 bridgehead atoms. The number of nitrogens with zero attached hydrogens (tertiary/aromatic N) is 6. The molecular weight excluding hydrogens is 1760 g/mol. The maximum atomic E-state index is 15.7. The molecule has 16 amide bonds. The molecule has 0 aliphatic carbocycles. The van der Waals surface area contributed by atoms with E-state index in [-0.39, 0.29) is 100 Å². The van der Waals surface area contributed by atoms with Crippen molar-refractivity contribution in [3.05, 3.63) is 120 Å². The summed E-state index contributed by atoms with van der Waals surface area (Å²) in [5.74, 6) is -16.8. The summed E-state index contributed by atoms with van der Waals surface area (Å²) in [5.41, 5.74) is 14.3. The number of unbranched alkanes of at least 4 members (excludes halogenated alkanes) is 2. The molecule has 3 saturated heterocycles. The minimum atomic E-state index is -1.91. The third kappa shape index (κ3) is 29.0. The highest BCUT2D eigenvalue weighted by molar-refractivity contribution is 8.00. The minimum absolute atomic E-state index is 0.00201. The number of nitrogens with two attached hydrogens (primary N) is 2. The summed E-state index contributed by atoms with van der Waals surface area (Å²) in [6.45, 7) is 6.12. The lowest BCUT2D eigenvalue weighted by atomic mass is 9.99. The molecule has 6 heterocycles. The highest BCUT2D eigenvalue weighted by atomic mass is 32.2. The summed E-state index contributed by atoms with van der Waals surface area (Å²) in [4.78, 5) is 268. The first-order valence-electron chi connectivity index (χ1n) is 45.2. The Balaban J connectivity index is 1.09. The number of thioether (sulfide) groups is 1. The van der Waals surface area contributed by atoms with Crippen LogP contribution in [-0.2, 0) is 107 Å². The van der Waals surface area contributed by atoms with Gasteiger partial charge < -0.3 is 125 Å². The lowest BCUT2D eigenvalue weighted by Gasteiger charge is -2.36. The quantitative estimate of drug-likeness (QED) is 0.0295. The van der Waals surface area contributed by atoms with Crippen molar-refractivity contribution in [2.75, 3.05) is 65.4 Å². The van der Waals surface area contributed by atoms with Gasteiger partial charge in [0, 0.05) is 131 Å². The van der Waals surface area contributed by atoms with E-state index in [1.165, 1.54) is 74.7 Å². The molecule has 134 heavy (non-hydrogen) atoms. The van der Waals surface area contributed by atoms with Gasteiger partial charge in [-0.25, -0.2) is 4.98 Å². The first-order valence-corrected chi connectivity index (χ1v) is 46.4. The van der Waals surface area contributed by atoms with E-state index in [1.54, 1.807) is 74.8 Å². The predicted octanol–water partition coefficient (Wildman–Crippen LogP) is -1.46. The molecule has 3 aliphatic heterocycles. The maximum absolute atomic E-state index is 15.7. The Bertz CT molecular complexity index is 5130. The van der Waals surface area contributed by atoms with Crippen LogP contribution in [0.4, 0.5) is 0 Å². The number of likely N-dealkylation sites (N-methyl/N-ethyl adjacent to an activating group) is 3. The molecule has 0 saturated carbocycles. The smallest absolute Gasteiger partial charge is 0.303 e. The fraction of sp³-hybridized carbons (Fsp3) is 0.538. The van der Waals surface area contributed by atoms with Crippen LogP contribution in [0.25, 0.3) is 21.8 Å². The molecule has 3 fully saturated rings. The monoisotopic (exact) mass is 1880 g/mol. The van der Waals surface area contributed by atoms with E-state index in [0.717, 1.165) is 26.5 Å². The molecule has 0 radical (unpaired) electrons. The lowest BCUT2D eigenvalue weighted by Crippen LogP contribution is -2.61. The third-order valence-corrected chi connectivity index (χ3v) is 25.3. The maximum Gasteiger partial charge on any atom is 0.303 e. The number of rotatable bonds is 26. The number of hydrogen-bond acceptors (Lipinski definition) is 23. The molecule has 6 aromatic rings. The van der Waals surface area contributed by atoms with E-state index >= 15 is 38.4 Å². The van der Waals surface area contributed by atoms with Gasteiger partial charge in [0.2, 0.25) is 94.5 Å². The van der Waals surface area contributed by atoms with E-state index < -0.39 is 242 Å². The number of aliphatic carboxylic acids is 1. The van der Waals surface area contributed by atoms with E-state index in [4.69, 9.17) is 11.5 Å². The number of aromatic amines is 3. The van der Waals surface area contributed by atoms with Crippen molar-refractivity contribution in [3.63, 3.8) is 0 Å². The Morgan fingerprint density at radius 3 is 1.69 bits per heavy atom. The average molecular weight is 1880 g/mol. The number of amides is 16. The first-order chi connectivity index (χ1) is 63.9. The number of aliphatic hydroxyl groups is 2. The largest absolute Gasteiger partial charge is 0.508 e. The Labute approximate surface area is 779 Å². The topological polar surface area (TPSA) is 620 Å². The Hall–Kier alpha value is -13.0. The first kappa shape index (κ1) is 105. The van der Waals surface area contributed by atoms with Crippen LogP contribution >= 0.6 is 11.8 Å². The lowest BCUT2D eigenvalue weighted by molar-refractivity contribution is -0.149. The summed E-state index contributed by atoms with van der Waals surface area (Å²) >= 11 is 0.918. The van der Waals surface area contributed by atoms with Crippen molar-refractivity contribution in [2.45, 2.75) is 241 Å². The second-order valence-electron chi connectivity index (χ2n) is 34.7. The van der Waals surface area contributed by atoms with Gasteiger partial charge in [-0.05, 0) is 105 Å². The van der Waals surface area contributed by atoms with Gasteiger partial charge in [-0.3, -0.25) is 81.5 Å². The molecule has 3 aliphatic rings. The molecule has 0 spiro atoms. The number of imidazole rings is 1. The zero-order valence-corrected chi connectivity index (χ0v) is 77.4. The molecular formula is C91H127N21O21S. The number of hydrogen-bond donors (Lipinski definition) is 19. The molecule has 43 heteroatoms. The van der Waals surface area contributed by atoms with Gasteiger partial charge in [0.1, 0.15) is 84.3 Å². The number of aromatic nitrogens is 4. The van der Waals surface area contributed by atoms with Crippen LogP contribution < -0.4 is 64.6 Å². The van der Waals surface area contributed by atoms with Crippen molar-refractivity contribution in [1.82, 2.24) is 97.6 Å². The van der Waals surface area contributed by atoms with E-state index in [2.05, 4.69) is 73.1 Å². The number of benzene rings is 3. The molecule has 3 aromatic carbocycles. The van der Waals surface area contributed by atoms with Gasteiger partial charge >= 0.3 is 5.97 Å². The summed E-state index contributed by atoms with van der Waals surface area (Å²) < 4.78 is 0. The number of aliphatic hydroxyl groups excluding tert-OH is 2. The minimum Gasteiger partial charge on any atom is -0.508 e. The molecule has 42 nitrogen and oxygen atoms in total. The predicted molar refractivity (Wildman–Crippen MR) is 492 cm³/mol. The van der Waals surface area contributed by atoms with Crippen LogP contribution in [0.2, 0.25) is 0 Å². The second kappa shape index (κ2) is 50.2. The van der Waals surface area contributed by atoms with Gasteiger partial charge in [-0.2, -0.15) is 0 Å². The van der Waals surface area contributed by atoms with E-state index in [0.29, 0.717) is 64.2 Å². The van der Waals surface area contributed by atoms with Crippen LogP contribution in [0.3, 0.4) is 0 Å². The molecule has 728 valence electrons. The van der Waals surface area contributed by atoms with Gasteiger partial charge in [-0.1, -0.05) is 102 Å². The number of carbonyl (C=O) groups excluding carboxylic acids is 16. The number of phenolic OH excluding ortho intramolecular Hbond substituents is 1. The number of carbonyl (C=O) groups is 17. The zero-order chi connectivity index (χ0) is 97.7. The number of H-pyrrole nitrogens is 3. The number of para-hydroxylation sites is 2. The zero-order valence-electron chi connectivity index (χ0n) is 76.6. The highest BCUT2D eigenvalue weighted by Gasteiger charge is 2.47. The molecule has 0 unspecified atom stereocenters. The van der Waals surface area contributed by atoms with Crippen molar-refractivity contribution in [1.29, 1.82) is 0 Å². The number of carboxylic acids is 1. The summed E-state index contributed by atoms with van der Waals surface area (Å²) in [7, 11) is 4.02. The van der Waals surface area contributed by atoms with Crippen LogP contribution in [0, 0.1) is 5.92 Å². The van der Waals surface area contributed by atoms with Crippen LogP contribution in [0.15, 0.2) is 97.7 Å². The van der Waals surface area contributed by atoms with Crippen molar-refractivity contribution in [2.24, 2.45) is 17.4 Å². The molecule has 3 aromatic heterocycles. The van der Waals surface area contributed by atoms with E-state index in [1.807, 2.05) is 13.8 Å². The fourth-order valence-electron chi connectivity index (χ4n) is 16.8. The third-order valence-electron chi connectivity index (χ3n) is 24.2. The Morgan fingerprint density at radius 2 is 1.10 bits per heavy atom. The number of phenols is 1.